The smallest absolute Gasteiger partial charge is 0.153 e. The van der Waals surface area contributed by atoms with Crippen LogP contribution >= 0.6 is 11.6 Å². The quantitative estimate of drug-likeness (QED) is 0.821. The second-order valence-corrected chi connectivity index (χ2v) is 4.61. The minimum atomic E-state index is 0.642. The summed E-state index contributed by atoms with van der Waals surface area (Å²) in [5.74, 6) is 1.47. The topological polar surface area (TPSA) is 35.2 Å². The molecule has 0 aromatic heterocycles. The van der Waals surface area contributed by atoms with Gasteiger partial charge in [0.1, 0.15) is 5.75 Å². The zero-order chi connectivity index (χ0) is 13.1. The molecular weight excluding hydrogens is 246 g/mol. The van der Waals surface area contributed by atoms with Crippen molar-refractivity contribution in [2.45, 2.75) is 20.3 Å². The third kappa shape index (κ3) is 2.59. The molecule has 2 rings (SSSR count). The van der Waals surface area contributed by atoms with Gasteiger partial charge < -0.3 is 10.5 Å². The lowest BCUT2D eigenvalue weighted by atomic mass is 10.1. The summed E-state index contributed by atoms with van der Waals surface area (Å²) in [6.07, 6.45) is 0.874. The molecule has 0 atom stereocenters. The van der Waals surface area contributed by atoms with Crippen LogP contribution in [0.1, 0.15) is 18.1 Å². The molecule has 0 heterocycles. The van der Waals surface area contributed by atoms with Crippen molar-refractivity contribution in [1.29, 1.82) is 0 Å². The van der Waals surface area contributed by atoms with Crippen LogP contribution in [-0.2, 0) is 6.42 Å². The molecule has 2 nitrogen and oxygen atoms in total. The third-order valence-electron chi connectivity index (χ3n) is 2.86. The summed E-state index contributed by atoms with van der Waals surface area (Å²) in [6, 6.07) is 11.4. The highest BCUT2D eigenvalue weighted by molar-refractivity contribution is 6.31. The Morgan fingerprint density at radius 3 is 2.67 bits per heavy atom. The third-order valence-corrected chi connectivity index (χ3v) is 3.23. The number of hydrogen-bond acceptors (Lipinski definition) is 2. The highest BCUT2D eigenvalue weighted by Crippen LogP contribution is 2.32. The van der Waals surface area contributed by atoms with Crippen LogP contribution in [0.25, 0.3) is 0 Å². The van der Waals surface area contributed by atoms with E-state index in [9.17, 15) is 0 Å². The normalized spacial score (nSPS) is 10.4. The molecule has 0 aliphatic carbocycles. The lowest BCUT2D eigenvalue weighted by Crippen LogP contribution is -1.95. The molecule has 2 N–H and O–H groups in total. The van der Waals surface area contributed by atoms with Crippen molar-refractivity contribution < 1.29 is 4.74 Å². The van der Waals surface area contributed by atoms with Gasteiger partial charge in [0.25, 0.3) is 0 Å². The van der Waals surface area contributed by atoms with Gasteiger partial charge in [-0.1, -0.05) is 30.7 Å². The summed E-state index contributed by atoms with van der Waals surface area (Å²) in [5.41, 5.74) is 8.65. The molecule has 0 saturated heterocycles. The average molecular weight is 262 g/mol. The monoisotopic (exact) mass is 261 g/mol. The Morgan fingerprint density at radius 1 is 1.22 bits per heavy atom. The Kier molecular flexibility index (Phi) is 3.78. The summed E-state index contributed by atoms with van der Waals surface area (Å²) < 4.78 is 5.85. The Hall–Kier alpha value is -1.67. The van der Waals surface area contributed by atoms with Crippen molar-refractivity contribution >= 4 is 17.3 Å². The highest BCUT2D eigenvalue weighted by atomic mass is 35.5. The van der Waals surface area contributed by atoms with Gasteiger partial charge in [0.05, 0.1) is 5.69 Å². The van der Waals surface area contributed by atoms with E-state index in [0.29, 0.717) is 11.4 Å². The van der Waals surface area contributed by atoms with E-state index in [0.717, 1.165) is 28.3 Å². The van der Waals surface area contributed by atoms with E-state index in [2.05, 4.69) is 6.92 Å². The lowest BCUT2D eigenvalue weighted by molar-refractivity contribution is 0.480. The number of para-hydroxylation sites is 1. The summed E-state index contributed by atoms with van der Waals surface area (Å²) in [7, 11) is 0. The van der Waals surface area contributed by atoms with Crippen molar-refractivity contribution in [2.75, 3.05) is 5.73 Å². The Bertz CT molecular complexity index is 546. The van der Waals surface area contributed by atoms with E-state index < -0.39 is 0 Å². The predicted molar refractivity (Wildman–Crippen MR) is 76.5 cm³/mol. The van der Waals surface area contributed by atoms with Crippen LogP contribution < -0.4 is 10.5 Å². The number of hydrogen-bond donors (Lipinski definition) is 1. The van der Waals surface area contributed by atoms with Gasteiger partial charge in [0.15, 0.2) is 5.75 Å². The van der Waals surface area contributed by atoms with Crippen molar-refractivity contribution in [2.24, 2.45) is 0 Å². The number of halogens is 1. The van der Waals surface area contributed by atoms with E-state index in [1.807, 2.05) is 43.3 Å². The minimum Gasteiger partial charge on any atom is -0.455 e. The van der Waals surface area contributed by atoms with Crippen LogP contribution in [-0.4, -0.2) is 0 Å². The molecule has 0 unspecified atom stereocenters. The number of rotatable bonds is 3. The lowest BCUT2D eigenvalue weighted by Gasteiger charge is -2.12. The van der Waals surface area contributed by atoms with Crippen LogP contribution in [0.3, 0.4) is 0 Å². The van der Waals surface area contributed by atoms with Crippen LogP contribution in [0, 0.1) is 6.92 Å². The Labute approximate surface area is 112 Å². The second kappa shape index (κ2) is 5.32. The van der Waals surface area contributed by atoms with E-state index in [-0.39, 0.29) is 0 Å². The molecular formula is C15H16ClNO. The van der Waals surface area contributed by atoms with Crippen LogP contribution in [0.4, 0.5) is 5.69 Å². The number of nitrogen functional groups attached to an aromatic ring is 1. The first-order valence-corrected chi connectivity index (χ1v) is 6.31. The first-order chi connectivity index (χ1) is 8.61. The fraction of sp³-hybridized carbons (Fsp3) is 0.200. The highest BCUT2D eigenvalue weighted by Gasteiger charge is 2.07. The summed E-state index contributed by atoms with van der Waals surface area (Å²) in [5, 5.41) is 0.766. The second-order valence-electron chi connectivity index (χ2n) is 4.20. The van der Waals surface area contributed by atoms with Gasteiger partial charge in [0, 0.05) is 5.02 Å². The van der Waals surface area contributed by atoms with E-state index in [1.54, 1.807) is 0 Å². The summed E-state index contributed by atoms with van der Waals surface area (Å²) in [4.78, 5) is 0. The molecule has 0 amide bonds. The van der Waals surface area contributed by atoms with Crippen molar-refractivity contribution in [3.05, 3.63) is 52.5 Å². The van der Waals surface area contributed by atoms with Crippen LogP contribution in [0.2, 0.25) is 5.02 Å². The van der Waals surface area contributed by atoms with Gasteiger partial charge in [-0.25, -0.2) is 0 Å². The molecule has 0 aliphatic rings. The standard InChI is InChI=1S/C15H16ClNO/c1-3-11-9-12(7-8-13(11)16)18-15-10(2)5-4-6-14(15)17/h4-9H,3,17H2,1-2H3. The largest absolute Gasteiger partial charge is 0.455 e. The Balaban J connectivity index is 2.34. The summed E-state index contributed by atoms with van der Waals surface area (Å²) in [6.45, 7) is 4.04. The van der Waals surface area contributed by atoms with E-state index >= 15 is 0 Å². The molecule has 2 aromatic rings. The molecule has 0 fully saturated rings. The first kappa shape index (κ1) is 12.8. The summed E-state index contributed by atoms with van der Waals surface area (Å²) >= 11 is 6.08. The molecule has 0 saturated carbocycles. The molecule has 0 aliphatic heterocycles. The number of anilines is 1. The van der Waals surface area contributed by atoms with Crippen molar-refractivity contribution in [3.8, 4) is 11.5 Å². The maximum absolute atomic E-state index is 6.08. The maximum Gasteiger partial charge on any atom is 0.153 e. The molecule has 2 aromatic carbocycles. The van der Waals surface area contributed by atoms with Crippen LogP contribution in [0.15, 0.2) is 36.4 Å². The van der Waals surface area contributed by atoms with Gasteiger partial charge >= 0.3 is 0 Å². The van der Waals surface area contributed by atoms with Gasteiger partial charge in [-0.05, 0) is 48.7 Å². The number of nitrogens with two attached hydrogens (primary N) is 1. The SMILES string of the molecule is CCc1cc(Oc2c(C)cccc2N)ccc1Cl. The van der Waals surface area contributed by atoms with Crippen molar-refractivity contribution in [3.63, 3.8) is 0 Å². The minimum absolute atomic E-state index is 0.642. The van der Waals surface area contributed by atoms with E-state index in [1.165, 1.54) is 0 Å². The van der Waals surface area contributed by atoms with Gasteiger partial charge in [0.2, 0.25) is 0 Å². The molecule has 0 radical (unpaired) electrons. The fourth-order valence-corrected chi connectivity index (χ4v) is 2.07. The van der Waals surface area contributed by atoms with Gasteiger partial charge in [-0.3, -0.25) is 0 Å². The van der Waals surface area contributed by atoms with Gasteiger partial charge in [-0.2, -0.15) is 0 Å². The Morgan fingerprint density at radius 2 is 2.00 bits per heavy atom. The maximum atomic E-state index is 6.08. The molecule has 94 valence electrons. The van der Waals surface area contributed by atoms with E-state index in [4.69, 9.17) is 22.1 Å². The fourth-order valence-electron chi connectivity index (χ4n) is 1.82. The molecule has 0 spiro atoms. The number of benzene rings is 2. The zero-order valence-corrected chi connectivity index (χ0v) is 11.3. The van der Waals surface area contributed by atoms with Crippen LogP contribution in [0.5, 0.6) is 11.5 Å². The zero-order valence-electron chi connectivity index (χ0n) is 10.5. The first-order valence-electron chi connectivity index (χ1n) is 5.93. The van der Waals surface area contributed by atoms with Gasteiger partial charge in [-0.15, -0.1) is 0 Å². The molecule has 0 bridgehead atoms. The number of aryl methyl sites for hydroxylation is 2. The average Bonchev–Trinajstić information content (AvgIpc) is 2.36. The predicted octanol–water partition coefficient (Wildman–Crippen LogP) is 4.59. The van der Waals surface area contributed by atoms with Crippen molar-refractivity contribution in [1.82, 2.24) is 0 Å². The molecule has 3 heteroatoms. The molecule has 18 heavy (non-hydrogen) atoms. The number of ether oxygens (including phenoxy) is 1.